The van der Waals surface area contributed by atoms with E-state index in [1.165, 1.54) is 30.8 Å². The van der Waals surface area contributed by atoms with Crippen LogP contribution in [0.4, 0.5) is 5.00 Å². The molecule has 2 rings (SSSR count). The number of rotatable bonds is 3. The molecule has 0 radical (unpaired) electrons. The Labute approximate surface area is 98.9 Å². The minimum absolute atomic E-state index is 0.343. The third-order valence-corrected chi connectivity index (χ3v) is 3.89. The van der Waals surface area contributed by atoms with Gasteiger partial charge in [0.25, 0.3) is 0 Å². The van der Waals surface area contributed by atoms with Crippen molar-refractivity contribution in [2.45, 2.75) is 45.1 Å². The van der Waals surface area contributed by atoms with E-state index in [1.54, 1.807) is 6.92 Å². The van der Waals surface area contributed by atoms with Gasteiger partial charge in [0.15, 0.2) is 0 Å². The van der Waals surface area contributed by atoms with Crippen LogP contribution in [-0.2, 0) is 0 Å². The number of carboxylic acids is 1. The van der Waals surface area contributed by atoms with E-state index in [4.69, 9.17) is 5.11 Å². The summed E-state index contributed by atoms with van der Waals surface area (Å²) in [4.78, 5) is 11.1. The van der Waals surface area contributed by atoms with E-state index in [0.29, 0.717) is 17.3 Å². The second kappa shape index (κ2) is 4.82. The van der Waals surface area contributed by atoms with E-state index < -0.39 is 5.97 Å². The average molecular weight is 240 g/mol. The molecule has 0 aromatic carbocycles. The Hall–Kier alpha value is -1.10. The molecule has 5 heteroatoms. The molecule has 16 heavy (non-hydrogen) atoms. The Balaban J connectivity index is 2.11. The maximum atomic E-state index is 11.1. The summed E-state index contributed by atoms with van der Waals surface area (Å²) in [5.41, 5.74) is 0.950. The third-order valence-electron chi connectivity index (χ3n) is 3.02. The van der Waals surface area contributed by atoms with Crippen molar-refractivity contribution in [3.8, 4) is 0 Å². The van der Waals surface area contributed by atoms with Gasteiger partial charge in [-0.25, -0.2) is 4.79 Å². The third kappa shape index (κ3) is 2.35. The quantitative estimate of drug-likeness (QED) is 0.852. The summed E-state index contributed by atoms with van der Waals surface area (Å²) in [5.74, 6) is -0.885. The van der Waals surface area contributed by atoms with Crippen molar-refractivity contribution in [3.05, 3.63) is 11.3 Å². The normalized spacial score (nSPS) is 17.3. The van der Waals surface area contributed by atoms with Gasteiger partial charge in [-0.2, -0.15) is 4.37 Å². The molecule has 1 aromatic heterocycles. The lowest BCUT2D eigenvalue weighted by atomic mass is 9.95. The largest absolute Gasteiger partial charge is 0.478 e. The van der Waals surface area contributed by atoms with Crippen LogP contribution in [0.2, 0.25) is 0 Å². The molecule has 0 spiro atoms. The molecule has 0 atom stereocenters. The van der Waals surface area contributed by atoms with Gasteiger partial charge in [0, 0.05) is 6.04 Å². The summed E-state index contributed by atoms with van der Waals surface area (Å²) >= 11 is 1.26. The van der Waals surface area contributed by atoms with E-state index >= 15 is 0 Å². The van der Waals surface area contributed by atoms with E-state index in [-0.39, 0.29) is 0 Å². The highest BCUT2D eigenvalue weighted by molar-refractivity contribution is 7.10. The van der Waals surface area contributed by atoms with E-state index in [9.17, 15) is 4.79 Å². The maximum absolute atomic E-state index is 11.1. The molecule has 1 aliphatic rings. The average Bonchev–Trinajstić information content (AvgIpc) is 2.61. The van der Waals surface area contributed by atoms with Gasteiger partial charge in [-0.3, -0.25) is 0 Å². The lowest BCUT2D eigenvalue weighted by Crippen LogP contribution is -2.22. The molecule has 1 aliphatic carbocycles. The Morgan fingerprint density at radius 2 is 2.12 bits per heavy atom. The number of anilines is 1. The van der Waals surface area contributed by atoms with Crippen LogP contribution < -0.4 is 5.32 Å². The molecule has 1 fully saturated rings. The number of hydrogen-bond donors (Lipinski definition) is 2. The van der Waals surface area contributed by atoms with Crippen LogP contribution in [0.5, 0.6) is 0 Å². The van der Waals surface area contributed by atoms with Crippen LogP contribution in [0.15, 0.2) is 0 Å². The van der Waals surface area contributed by atoms with E-state index in [1.807, 2.05) is 0 Å². The van der Waals surface area contributed by atoms with Gasteiger partial charge in [0.2, 0.25) is 0 Å². The topological polar surface area (TPSA) is 62.2 Å². The Bertz CT molecular complexity index is 383. The molecule has 2 N–H and O–H groups in total. The van der Waals surface area contributed by atoms with E-state index in [2.05, 4.69) is 9.69 Å². The molecule has 0 saturated heterocycles. The van der Waals surface area contributed by atoms with Crippen molar-refractivity contribution in [2.24, 2.45) is 0 Å². The molecule has 88 valence electrons. The lowest BCUT2D eigenvalue weighted by molar-refractivity contribution is 0.0697. The van der Waals surface area contributed by atoms with Gasteiger partial charge in [-0.1, -0.05) is 19.3 Å². The number of carbonyl (C=O) groups is 1. The predicted molar refractivity (Wildman–Crippen MR) is 64.3 cm³/mol. The van der Waals surface area contributed by atoms with Gasteiger partial charge in [-0.15, -0.1) is 0 Å². The van der Waals surface area contributed by atoms with Crippen LogP contribution in [0.25, 0.3) is 0 Å². The number of aromatic nitrogens is 1. The number of nitrogens with zero attached hydrogens (tertiary/aromatic N) is 1. The fourth-order valence-corrected chi connectivity index (χ4v) is 3.02. The molecule has 0 unspecified atom stereocenters. The van der Waals surface area contributed by atoms with Gasteiger partial charge in [0.05, 0.1) is 5.69 Å². The van der Waals surface area contributed by atoms with Crippen molar-refractivity contribution in [2.75, 3.05) is 5.32 Å². The highest BCUT2D eigenvalue weighted by Gasteiger charge is 2.21. The summed E-state index contributed by atoms with van der Waals surface area (Å²) in [6, 6.07) is 0.423. The van der Waals surface area contributed by atoms with Gasteiger partial charge < -0.3 is 10.4 Å². The fourth-order valence-electron chi connectivity index (χ4n) is 2.15. The van der Waals surface area contributed by atoms with Gasteiger partial charge in [-0.05, 0) is 31.3 Å². The summed E-state index contributed by atoms with van der Waals surface area (Å²) in [7, 11) is 0. The second-order valence-electron chi connectivity index (χ2n) is 4.26. The number of nitrogens with one attached hydrogen (secondary N) is 1. The SMILES string of the molecule is Cc1nsc(NC2CCCCC2)c1C(=O)O. The van der Waals surface area contributed by atoms with Crippen LogP contribution >= 0.6 is 11.5 Å². The van der Waals surface area contributed by atoms with Crippen LogP contribution in [-0.4, -0.2) is 21.5 Å². The zero-order valence-corrected chi connectivity index (χ0v) is 10.1. The minimum Gasteiger partial charge on any atom is -0.478 e. The first kappa shape index (κ1) is 11.4. The van der Waals surface area contributed by atoms with Crippen LogP contribution in [0.1, 0.15) is 48.2 Å². The number of hydrogen-bond acceptors (Lipinski definition) is 4. The first-order chi connectivity index (χ1) is 7.68. The molecular weight excluding hydrogens is 224 g/mol. The standard InChI is InChI=1S/C11H16N2O2S/c1-7-9(11(14)15)10(16-13-7)12-8-5-3-2-4-6-8/h8,12H,2-6H2,1H3,(H,14,15). The van der Waals surface area contributed by atoms with Crippen molar-refractivity contribution in [1.29, 1.82) is 0 Å². The molecular formula is C11H16N2O2S. The summed E-state index contributed by atoms with van der Waals surface area (Å²) in [6.07, 6.45) is 6.04. The summed E-state index contributed by atoms with van der Waals surface area (Å²) < 4.78 is 4.10. The second-order valence-corrected chi connectivity index (χ2v) is 5.03. The van der Waals surface area contributed by atoms with Crippen molar-refractivity contribution >= 4 is 22.5 Å². The monoisotopic (exact) mass is 240 g/mol. The van der Waals surface area contributed by atoms with Crippen molar-refractivity contribution in [3.63, 3.8) is 0 Å². The zero-order valence-electron chi connectivity index (χ0n) is 9.32. The zero-order chi connectivity index (χ0) is 11.5. The first-order valence-corrected chi connectivity index (χ1v) is 6.42. The Kier molecular flexibility index (Phi) is 3.43. The van der Waals surface area contributed by atoms with Gasteiger partial charge in [0.1, 0.15) is 10.6 Å². The fraction of sp³-hybridized carbons (Fsp3) is 0.636. The van der Waals surface area contributed by atoms with E-state index in [0.717, 1.165) is 17.8 Å². The Morgan fingerprint density at radius 1 is 1.44 bits per heavy atom. The predicted octanol–water partition coefficient (Wildman–Crippen LogP) is 2.89. The molecule has 1 heterocycles. The van der Waals surface area contributed by atoms with Crippen molar-refractivity contribution in [1.82, 2.24) is 4.37 Å². The molecule has 4 nitrogen and oxygen atoms in total. The highest BCUT2D eigenvalue weighted by Crippen LogP contribution is 2.28. The summed E-state index contributed by atoms with van der Waals surface area (Å²) in [6.45, 7) is 1.74. The highest BCUT2D eigenvalue weighted by atomic mass is 32.1. The molecule has 0 bridgehead atoms. The summed E-state index contributed by atoms with van der Waals surface area (Å²) in [5, 5.41) is 13.1. The van der Waals surface area contributed by atoms with Crippen molar-refractivity contribution < 1.29 is 9.90 Å². The molecule has 0 aliphatic heterocycles. The Morgan fingerprint density at radius 3 is 2.75 bits per heavy atom. The molecule has 1 saturated carbocycles. The molecule has 1 aromatic rings. The number of aryl methyl sites for hydroxylation is 1. The van der Waals surface area contributed by atoms with Gasteiger partial charge >= 0.3 is 5.97 Å². The number of carboxylic acid groups (broad SMARTS) is 1. The minimum atomic E-state index is -0.885. The van der Waals surface area contributed by atoms with Crippen LogP contribution in [0, 0.1) is 6.92 Å². The maximum Gasteiger partial charge on any atom is 0.340 e. The lowest BCUT2D eigenvalue weighted by Gasteiger charge is -2.23. The number of aromatic carboxylic acids is 1. The first-order valence-electron chi connectivity index (χ1n) is 5.64. The smallest absolute Gasteiger partial charge is 0.340 e. The molecule has 0 amide bonds. The van der Waals surface area contributed by atoms with Crippen LogP contribution in [0.3, 0.4) is 0 Å².